The zero-order valence-corrected chi connectivity index (χ0v) is 16.1. The van der Waals surface area contributed by atoms with E-state index < -0.39 is 17.9 Å². The quantitative estimate of drug-likeness (QED) is 0.613. The summed E-state index contributed by atoms with van der Waals surface area (Å²) in [5.41, 5.74) is 5.14. The van der Waals surface area contributed by atoms with Crippen molar-refractivity contribution >= 4 is 34.4 Å². The van der Waals surface area contributed by atoms with Crippen molar-refractivity contribution in [3.05, 3.63) is 59.3 Å². The molecule has 0 aliphatic rings. The number of furan rings is 1. The van der Waals surface area contributed by atoms with Gasteiger partial charge in [0, 0.05) is 10.4 Å². The van der Waals surface area contributed by atoms with Gasteiger partial charge in [0.05, 0.1) is 6.61 Å². The molecule has 0 aliphatic heterocycles. The fraction of sp³-hybridized carbons (Fsp3) is 0.200. The molecule has 2 aromatic carbocycles. The molecule has 0 spiro atoms. The van der Waals surface area contributed by atoms with Gasteiger partial charge in [-0.1, -0.05) is 11.6 Å². The molecule has 0 radical (unpaired) electrons. The molecule has 0 saturated heterocycles. The van der Waals surface area contributed by atoms with Gasteiger partial charge in [-0.3, -0.25) is 20.4 Å². The first kappa shape index (κ1) is 19.6. The van der Waals surface area contributed by atoms with Gasteiger partial charge in [-0.05, 0) is 62.4 Å². The Bertz CT molecular complexity index is 984. The molecule has 2 amide bonds. The number of hydrogen-bond donors (Lipinski definition) is 2. The van der Waals surface area contributed by atoms with E-state index in [0.717, 1.165) is 0 Å². The normalized spacial score (nSPS) is 11.7. The van der Waals surface area contributed by atoms with Crippen molar-refractivity contribution in [2.45, 2.75) is 20.0 Å². The van der Waals surface area contributed by atoms with Crippen molar-refractivity contribution in [1.82, 2.24) is 10.9 Å². The molecule has 1 heterocycles. The van der Waals surface area contributed by atoms with E-state index in [1.165, 1.54) is 0 Å². The first-order chi connectivity index (χ1) is 13.5. The molecule has 0 fully saturated rings. The summed E-state index contributed by atoms with van der Waals surface area (Å²) in [6.45, 7) is 4.03. The Hall–Kier alpha value is -3.19. The van der Waals surface area contributed by atoms with Crippen LogP contribution in [0.4, 0.5) is 0 Å². The number of carbonyl (C=O) groups is 2. The van der Waals surface area contributed by atoms with Crippen LogP contribution in [0.5, 0.6) is 11.5 Å². The van der Waals surface area contributed by atoms with Crippen molar-refractivity contribution in [3.8, 4) is 11.5 Å². The van der Waals surface area contributed by atoms with Gasteiger partial charge < -0.3 is 13.9 Å². The molecule has 0 unspecified atom stereocenters. The lowest BCUT2D eigenvalue weighted by molar-refractivity contribution is -0.128. The van der Waals surface area contributed by atoms with Crippen LogP contribution in [-0.2, 0) is 4.79 Å². The van der Waals surface area contributed by atoms with Crippen LogP contribution in [0.1, 0.15) is 24.4 Å². The van der Waals surface area contributed by atoms with Crippen molar-refractivity contribution in [2.75, 3.05) is 6.61 Å². The summed E-state index contributed by atoms with van der Waals surface area (Å²) in [4.78, 5) is 24.3. The molecule has 146 valence electrons. The summed E-state index contributed by atoms with van der Waals surface area (Å²) in [5, 5.41) is 1.23. The number of hydrazine groups is 1. The molecule has 3 aromatic rings. The number of amides is 2. The highest BCUT2D eigenvalue weighted by molar-refractivity contribution is 6.31. The lowest BCUT2D eigenvalue weighted by Crippen LogP contribution is -2.47. The molecule has 2 N–H and O–H groups in total. The highest BCUT2D eigenvalue weighted by Crippen LogP contribution is 2.23. The molecule has 8 heteroatoms. The van der Waals surface area contributed by atoms with Crippen LogP contribution < -0.4 is 20.3 Å². The van der Waals surface area contributed by atoms with E-state index >= 15 is 0 Å². The summed E-state index contributed by atoms with van der Waals surface area (Å²) >= 11 is 5.92. The molecule has 1 aromatic heterocycles. The Kier molecular flexibility index (Phi) is 6.06. The van der Waals surface area contributed by atoms with E-state index in [0.29, 0.717) is 34.1 Å². The van der Waals surface area contributed by atoms with Gasteiger partial charge in [-0.15, -0.1) is 0 Å². The SMILES string of the molecule is CCOc1ccc(O[C@H](C)C(=O)NNC(=O)c2cc3cc(Cl)ccc3o2)cc1. The average Bonchev–Trinajstić information content (AvgIpc) is 3.10. The second kappa shape index (κ2) is 8.67. The number of ether oxygens (including phenoxy) is 2. The van der Waals surface area contributed by atoms with Crippen LogP contribution in [0, 0.1) is 0 Å². The van der Waals surface area contributed by atoms with Gasteiger partial charge in [-0.2, -0.15) is 0 Å². The largest absolute Gasteiger partial charge is 0.494 e. The van der Waals surface area contributed by atoms with Crippen LogP contribution >= 0.6 is 11.6 Å². The fourth-order valence-corrected chi connectivity index (χ4v) is 2.63. The first-order valence-corrected chi connectivity index (χ1v) is 9.03. The zero-order valence-electron chi connectivity index (χ0n) is 15.3. The number of rotatable bonds is 6. The molecule has 0 saturated carbocycles. The van der Waals surface area contributed by atoms with E-state index in [2.05, 4.69) is 10.9 Å². The Labute approximate surface area is 166 Å². The lowest BCUT2D eigenvalue weighted by atomic mass is 10.2. The summed E-state index contributed by atoms with van der Waals surface area (Å²) in [6, 6.07) is 13.5. The van der Waals surface area contributed by atoms with Crippen molar-refractivity contribution < 1.29 is 23.5 Å². The lowest BCUT2D eigenvalue weighted by Gasteiger charge is -2.15. The van der Waals surface area contributed by atoms with Gasteiger partial charge in [0.1, 0.15) is 17.1 Å². The van der Waals surface area contributed by atoms with Crippen molar-refractivity contribution in [3.63, 3.8) is 0 Å². The number of hydrogen-bond acceptors (Lipinski definition) is 5. The van der Waals surface area contributed by atoms with E-state index in [1.54, 1.807) is 55.5 Å². The second-order valence-electron chi connectivity index (χ2n) is 5.90. The number of nitrogens with one attached hydrogen (secondary N) is 2. The molecule has 3 rings (SSSR count). The topological polar surface area (TPSA) is 89.8 Å². The summed E-state index contributed by atoms with van der Waals surface area (Å²) in [7, 11) is 0. The monoisotopic (exact) mass is 402 g/mol. The molecule has 28 heavy (non-hydrogen) atoms. The van der Waals surface area contributed by atoms with Gasteiger partial charge in [0.25, 0.3) is 5.91 Å². The third-order valence-corrected chi connectivity index (χ3v) is 4.05. The third-order valence-electron chi connectivity index (χ3n) is 3.82. The zero-order chi connectivity index (χ0) is 20.1. The number of fused-ring (bicyclic) bond motifs is 1. The van der Waals surface area contributed by atoms with Crippen LogP contribution in [0.15, 0.2) is 52.9 Å². The maximum atomic E-state index is 12.2. The van der Waals surface area contributed by atoms with Gasteiger partial charge in [0.2, 0.25) is 0 Å². The van der Waals surface area contributed by atoms with Crippen LogP contribution in [0.25, 0.3) is 11.0 Å². The fourth-order valence-electron chi connectivity index (χ4n) is 2.45. The van der Waals surface area contributed by atoms with E-state index in [1.807, 2.05) is 6.92 Å². The second-order valence-corrected chi connectivity index (χ2v) is 6.34. The van der Waals surface area contributed by atoms with Crippen molar-refractivity contribution in [1.29, 1.82) is 0 Å². The highest BCUT2D eigenvalue weighted by atomic mass is 35.5. The standard InChI is InChI=1S/C20H19ClN2O5/c1-3-26-15-5-7-16(8-6-15)27-12(2)19(24)22-23-20(25)18-11-13-10-14(21)4-9-17(13)28-18/h4-12H,3H2,1-2H3,(H,22,24)(H,23,25)/t12-/m1/s1. The molecular weight excluding hydrogens is 384 g/mol. The highest BCUT2D eigenvalue weighted by Gasteiger charge is 2.18. The van der Waals surface area contributed by atoms with Crippen LogP contribution in [0.3, 0.4) is 0 Å². The Morgan fingerprint density at radius 3 is 2.50 bits per heavy atom. The number of benzene rings is 2. The average molecular weight is 403 g/mol. The van der Waals surface area contributed by atoms with E-state index in [-0.39, 0.29) is 5.76 Å². The first-order valence-electron chi connectivity index (χ1n) is 8.65. The number of carbonyl (C=O) groups excluding carboxylic acids is 2. The Morgan fingerprint density at radius 2 is 1.79 bits per heavy atom. The van der Waals surface area contributed by atoms with E-state index in [4.69, 9.17) is 25.5 Å². The van der Waals surface area contributed by atoms with Gasteiger partial charge in [0.15, 0.2) is 11.9 Å². The predicted octanol–water partition coefficient (Wildman–Crippen LogP) is 3.71. The minimum Gasteiger partial charge on any atom is -0.494 e. The minimum atomic E-state index is -0.826. The van der Waals surface area contributed by atoms with E-state index in [9.17, 15) is 9.59 Å². The molecule has 1 atom stereocenters. The smallest absolute Gasteiger partial charge is 0.305 e. The maximum Gasteiger partial charge on any atom is 0.305 e. The van der Waals surface area contributed by atoms with Crippen molar-refractivity contribution in [2.24, 2.45) is 0 Å². The minimum absolute atomic E-state index is 0.0534. The van der Waals surface area contributed by atoms with Crippen LogP contribution in [-0.4, -0.2) is 24.5 Å². The van der Waals surface area contributed by atoms with Gasteiger partial charge in [-0.25, -0.2) is 0 Å². The summed E-state index contributed by atoms with van der Waals surface area (Å²) in [5.74, 6) is 0.172. The Balaban J connectivity index is 1.53. The molecule has 7 nitrogen and oxygen atoms in total. The summed E-state index contributed by atoms with van der Waals surface area (Å²) < 4.78 is 16.3. The van der Waals surface area contributed by atoms with Gasteiger partial charge >= 0.3 is 5.91 Å². The van der Waals surface area contributed by atoms with Crippen LogP contribution in [0.2, 0.25) is 5.02 Å². The third kappa shape index (κ3) is 4.75. The predicted molar refractivity (Wildman–Crippen MR) is 105 cm³/mol. The molecule has 0 bridgehead atoms. The maximum absolute atomic E-state index is 12.2. The summed E-state index contributed by atoms with van der Waals surface area (Å²) in [6.07, 6.45) is -0.826. The molecule has 0 aliphatic carbocycles. The molecular formula is C20H19ClN2O5. The Morgan fingerprint density at radius 1 is 1.07 bits per heavy atom. The number of halogens is 1.